The third-order valence-electron chi connectivity index (χ3n) is 4.21. The van der Waals surface area contributed by atoms with Crippen LogP contribution in [0.3, 0.4) is 0 Å². The van der Waals surface area contributed by atoms with Gasteiger partial charge in [-0.3, -0.25) is 9.67 Å². The molecule has 114 valence electrons. The summed E-state index contributed by atoms with van der Waals surface area (Å²) in [5.74, 6) is 0.581. The van der Waals surface area contributed by atoms with Crippen molar-refractivity contribution in [3.8, 4) is 11.1 Å². The first-order chi connectivity index (χ1) is 11.2. The summed E-state index contributed by atoms with van der Waals surface area (Å²) < 4.78 is 1.90. The van der Waals surface area contributed by atoms with Crippen LogP contribution in [0.5, 0.6) is 0 Å². The standard InChI is InChI=1S/C17H16N6/c1-17(15-5-6-21-23(15)10-16(18)22-17)14-4-2-3-12(7-14)13-8-19-11-20-9-13/h2-9,11H,10H2,1H3,(H2,18,22). The topological polar surface area (TPSA) is 82.0 Å². The van der Waals surface area contributed by atoms with E-state index in [4.69, 9.17) is 10.7 Å². The molecule has 4 rings (SSSR count). The first-order valence-electron chi connectivity index (χ1n) is 7.39. The Bertz CT molecular complexity index is 883. The molecule has 23 heavy (non-hydrogen) atoms. The van der Waals surface area contributed by atoms with E-state index < -0.39 is 5.54 Å². The number of hydrogen-bond donors (Lipinski definition) is 1. The summed E-state index contributed by atoms with van der Waals surface area (Å²) in [6, 6.07) is 10.2. The SMILES string of the molecule is CC1(c2cccc(-c3cncnc3)c2)N=C(N)Cn2nccc21. The second-order valence-corrected chi connectivity index (χ2v) is 5.76. The van der Waals surface area contributed by atoms with Gasteiger partial charge in [-0.15, -0.1) is 0 Å². The maximum Gasteiger partial charge on any atom is 0.126 e. The molecule has 1 unspecified atom stereocenters. The molecule has 3 aromatic rings. The summed E-state index contributed by atoms with van der Waals surface area (Å²) in [4.78, 5) is 12.9. The minimum Gasteiger partial charge on any atom is -0.386 e. The number of benzene rings is 1. The molecule has 0 amide bonds. The predicted octanol–water partition coefficient (Wildman–Crippen LogP) is 1.97. The second kappa shape index (κ2) is 5.01. The van der Waals surface area contributed by atoms with Crippen LogP contribution in [-0.4, -0.2) is 25.6 Å². The molecule has 1 aliphatic heterocycles. The van der Waals surface area contributed by atoms with E-state index in [-0.39, 0.29) is 0 Å². The van der Waals surface area contributed by atoms with Gasteiger partial charge in [0.15, 0.2) is 0 Å². The first-order valence-corrected chi connectivity index (χ1v) is 7.39. The summed E-state index contributed by atoms with van der Waals surface area (Å²) >= 11 is 0. The molecule has 0 saturated carbocycles. The molecule has 3 heterocycles. The monoisotopic (exact) mass is 304 g/mol. The lowest BCUT2D eigenvalue weighted by atomic mass is 9.86. The van der Waals surface area contributed by atoms with E-state index in [1.54, 1.807) is 18.6 Å². The Morgan fingerprint density at radius 2 is 1.96 bits per heavy atom. The molecule has 6 heteroatoms. The summed E-state index contributed by atoms with van der Waals surface area (Å²) in [5.41, 5.74) is 9.61. The van der Waals surface area contributed by atoms with Crippen LogP contribution in [0.15, 0.2) is 60.2 Å². The Kier molecular flexibility index (Phi) is 2.97. The maximum atomic E-state index is 6.04. The van der Waals surface area contributed by atoms with Crippen LogP contribution < -0.4 is 5.73 Å². The smallest absolute Gasteiger partial charge is 0.126 e. The highest BCUT2D eigenvalue weighted by molar-refractivity contribution is 5.82. The lowest BCUT2D eigenvalue weighted by Crippen LogP contribution is -2.36. The Morgan fingerprint density at radius 3 is 2.78 bits per heavy atom. The molecular formula is C17H16N6. The van der Waals surface area contributed by atoms with E-state index in [2.05, 4.69) is 34.1 Å². The molecule has 0 bridgehead atoms. The van der Waals surface area contributed by atoms with Crippen LogP contribution in [0, 0.1) is 0 Å². The van der Waals surface area contributed by atoms with Crippen molar-refractivity contribution >= 4 is 5.84 Å². The molecule has 1 aromatic carbocycles. The van der Waals surface area contributed by atoms with Gasteiger partial charge in [0.2, 0.25) is 0 Å². The zero-order valence-electron chi connectivity index (χ0n) is 12.7. The summed E-state index contributed by atoms with van der Waals surface area (Å²) in [6.07, 6.45) is 6.92. The van der Waals surface area contributed by atoms with Gasteiger partial charge in [-0.05, 0) is 30.2 Å². The predicted molar refractivity (Wildman–Crippen MR) is 87.8 cm³/mol. The average molecular weight is 304 g/mol. The lowest BCUT2D eigenvalue weighted by molar-refractivity contribution is 0.498. The van der Waals surface area contributed by atoms with Gasteiger partial charge in [0.25, 0.3) is 0 Å². The van der Waals surface area contributed by atoms with Gasteiger partial charge >= 0.3 is 0 Å². The fourth-order valence-electron chi connectivity index (χ4n) is 3.07. The molecule has 0 radical (unpaired) electrons. The average Bonchev–Trinajstić information content (AvgIpc) is 3.05. The zero-order valence-corrected chi connectivity index (χ0v) is 12.7. The summed E-state index contributed by atoms with van der Waals surface area (Å²) in [7, 11) is 0. The van der Waals surface area contributed by atoms with Crippen molar-refractivity contribution in [2.75, 3.05) is 0 Å². The Hall–Kier alpha value is -3.02. The first kappa shape index (κ1) is 13.6. The van der Waals surface area contributed by atoms with E-state index in [0.717, 1.165) is 22.4 Å². The second-order valence-electron chi connectivity index (χ2n) is 5.76. The van der Waals surface area contributed by atoms with E-state index in [0.29, 0.717) is 12.4 Å². The van der Waals surface area contributed by atoms with Crippen LogP contribution in [-0.2, 0) is 12.1 Å². The van der Waals surface area contributed by atoms with Gasteiger partial charge in [-0.1, -0.05) is 18.2 Å². The van der Waals surface area contributed by atoms with Crippen LogP contribution in [0.25, 0.3) is 11.1 Å². The zero-order chi connectivity index (χ0) is 15.9. The largest absolute Gasteiger partial charge is 0.386 e. The molecule has 0 saturated heterocycles. The van der Waals surface area contributed by atoms with Gasteiger partial charge < -0.3 is 5.73 Å². The van der Waals surface area contributed by atoms with Gasteiger partial charge in [-0.2, -0.15) is 5.10 Å². The fourth-order valence-corrected chi connectivity index (χ4v) is 3.07. The van der Waals surface area contributed by atoms with Crippen molar-refractivity contribution < 1.29 is 0 Å². The van der Waals surface area contributed by atoms with E-state index in [1.807, 2.05) is 22.9 Å². The van der Waals surface area contributed by atoms with Crippen molar-refractivity contribution in [1.29, 1.82) is 0 Å². The van der Waals surface area contributed by atoms with Gasteiger partial charge in [0, 0.05) is 24.2 Å². The molecule has 2 N–H and O–H groups in total. The highest BCUT2D eigenvalue weighted by Gasteiger charge is 2.35. The number of rotatable bonds is 2. The fraction of sp³-hybridized carbons (Fsp3) is 0.176. The summed E-state index contributed by atoms with van der Waals surface area (Å²) in [5, 5.41) is 4.34. The number of fused-ring (bicyclic) bond motifs is 1. The van der Waals surface area contributed by atoms with E-state index >= 15 is 0 Å². The normalized spacial score (nSPS) is 20.0. The minimum atomic E-state index is -0.551. The quantitative estimate of drug-likeness (QED) is 0.784. The van der Waals surface area contributed by atoms with Crippen molar-refractivity contribution in [3.05, 3.63) is 66.5 Å². The molecule has 1 aliphatic rings. The van der Waals surface area contributed by atoms with Gasteiger partial charge in [0.1, 0.15) is 17.7 Å². The highest BCUT2D eigenvalue weighted by atomic mass is 15.3. The highest BCUT2D eigenvalue weighted by Crippen LogP contribution is 2.37. The Labute approximate surface area is 133 Å². The van der Waals surface area contributed by atoms with Gasteiger partial charge in [-0.25, -0.2) is 9.97 Å². The number of nitrogens with zero attached hydrogens (tertiary/aromatic N) is 5. The van der Waals surface area contributed by atoms with Crippen molar-refractivity contribution in [1.82, 2.24) is 19.7 Å². The molecule has 0 fully saturated rings. The van der Waals surface area contributed by atoms with E-state index in [9.17, 15) is 0 Å². The maximum absolute atomic E-state index is 6.04. The van der Waals surface area contributed by atoms with Crippen LogP contribution >= 0.6 is 0 Å². The molecule has 6 nitrogen and oxygen atoms in total. The molecular weight excluding hydrogens is 288 g/mol. The van der Waals surface area contributed by atoms with Crippen LogP contribution in [0.2, 0.25) is 0 Å². The third kappa shape index (κ3) is 2.19. The molecule has 0 aliphatic carbocycles. The minimum absolute atomic E-state index is 0.532. The Balaban J connectivity index is 1.86. The molecule has 1 atom stereocenters. The summed E-state index contributed by atoms with van der Waals surface area (Å²) in [6.45, 7) is 2.59. The number of aromatic nitrogens is 4. The third-order valence-corrected chi connectivity index (χ3v) is 4.21. The van der Waals surface area contributed by atoms with Crippen LogP contribution in [0.1, 0.15) is 18.2 Å². The number of nitrogens with two attached hydrogens (primary N) is 1. The van der Waals surface area contributed by atoms with E-state index in [1.165, 1.54) is 6.33 Å². The number of hydrogen-bond acceptors (Lipinski definition) is 5. The molecule has 2 aromatic heterocycles. The van der Waals surface area contributed by atoms with Crippen molar-refractivity contribution in [2.45, 2.75) is 19.0 Å². The Morgan fingerprint density at radius 1 is 1.13 bits per heavy atom. The van der Waals surface area contributed by atoms with Gasteiger partial charge in [0.05, 0.1) is 12.2 Å². The lowest BCUT2D eigenvalue weighted by Gasteiger charge is -2.31. The van der Waals surface area contributed by atoms with Crippen molar-refractivity contribution in [3.63, 3.8) is 0 Å². The molecule has 0 spiro atoms. The van der Waals surface area contributed by atoms with Crippen LogP contribution in [0.4, 0.5) is 0 Å². The van der Waals surface area contributed by atoms with Crippen molar-refractivity contribution in [2.24, 2.45) is 10.7 Å². The number of aliphatic imine (C=N–C) groups is 1. The number of amidine groups is 1.